The number of hydrogen-bond donors (Lipinski definition) is 1. The van der Waals surface area contributed by atoms with Crippen molar-refractivity contribution in [3.05, 3.63) is 22.8 Å². The highest BCUT2D eigenvalue weighted by Gasteiger charge is 2.16. The van der Waals surface area contributed by atoms with E-state index in [1.807, 2.05) is 6.92 Å². The quantitative estimate of drug-likeness (QED) is 0.779. The molecule has 0 amide bonds. The third-order valence-electron chi connectivity index (χ3n) is 3.23. The lowest BCUT2D eigenvalue weighted by molar-refractivity contribution is 0.149. The Labute approximate surface area is 109 Å². The van der Waals surface area contributed by atoms with Gasteiger partial charge in [0.25, 0.3) is 0 Å². The number of rotatable bonds is 6. The normalized spacial score (nSPS) is 14.6. The van der Waals surface area contributed by atoms with E-state index in [9.17, 15) is 0 Å². The monoisotopic (exact) mass is 249 g/mol. The number of nitrogens with one attached hydrogen (secondary N) is 1. The molecular formula is C14H23N3O. The van der Waals surface area contributed by atoms with Gasteiger partial charge >= 0.3 is 0 Å². The van der Waals surface area contributed by atoms with Gasteiger partial charge in [-0.05, 0) is 13.3 Å². The van der Waals surface area contributed by atoms with Gasteiger partial charge in [-0.3, -0.25) is 0 Å². The van der Waals surface area contributed by atoms with Crippen LogP contribution in [0.4, 0.5) is 0 Å². The zero-order valence-electron chi connectivity index (χ0n) is 11.5. The second kappa shape index (κ2) is 6.81. The van der Waals surface area contributed by atoms with Crippen LogP contribution in [-0.4, -0.2) is 29.7 Å². The molecule has 4 nitrogen and oxygen atoms in total. The van der Waals surface area contributed by atoms with Gasteiger partial charge in [0.1, 0.15) is 5.82 Å². The summed E-state index contributed by atoms with van der Waals surface area (Å²) in [7, 11) is 0. The van der Waals surface area contributed by atoms with Crippen molar-refractivity contribution >= 4 is 0 Å². The lowest BCUT2D eigenvalue weighted by Crippen LogP contribution is -2.27. The highest BCUT2D eigenvalue weighted by molar-refractivity contribution is 5.28. The molecule has 0 atom stereocenters. The van der Waals surface area contributed by atoms with Crippen LogP contribution in [0.3, 0.4) is 0 Å². The van der Waals surface area contributed by atoms with Crippen molar-refractivity contribution in [2.24, 2.45) is 0 Å². The number of aromatic nitrogens is 2. The summed E-state index contributed by atoms with van der Waals surface area (Å²) in [5.41, 5.74) is 3.82. The fourth-order valence-corrected chi connectivity index (χ4v) is 2.33. The molecule has 1 N–H and O–H groups in total. The molecule has 0 fully saturated rings. The number of aryl methyl sites for hydroxylation is 1. The lowest BCUT2D eigenvalue weighted by atomic mass is 10.0. The Balaban J connectivity index is 2.18. The first-order valence-corrected chi connectivity index (χ1v) is 7.01. The van der Waals surface area contributed by atoms with E-state index in [2.05, 4.69) is 12.2 Å². The smallest absolute Gasteiger partial charge is 0.131 e. The summed E-state index contributed by atoms with van der Waals surface area (Å²) in [6.45, 7) is 7.65. The van der Waals surface area contributed by atoms with E-state index in [-0.39, 0.29) is 0 Å². The van der Waals surface area contributed by atoms with Crippen LogP contribution in [0.5, 0.6) is 0 Å². The van der Waals surface area contributed by atoms with Gasteiger partial charge in [0.2, 0.25) is 0 Å². The molecule has 0 aromatic carbocycles. The molecule has 1 aromatic heterocycles. The molecule has 0 unspecified atom stereocenters. The van der Waals surface area contributed by atoms with Gasteiger partial charge in [-0.1, -0.05) is 13.3 Å². The average Bonchev–Trinajstić information content (AvgIpc) is 2.39. The van der Waals surface area contributed by atoms with Crippen molar-refractivity contribution in [3.8, 4) is 0 Å². The van der Waals surface area contributed by atoms with Crippen molar-refractivity contribution in [3.63, 3.8) is 0 Å². The van der Waals surface area contributed by atoms with E-state index in [0.717, 1.165) is 57.8 Å². The third-order valence-corrected chi connectivity index (χ3v) is 3.23. The minimum atomic E-state index is 0.721. The van der Waals surface area contributed by atoms with Crippen LogP contribution in [0.15, 0.2) is 0 Å². The molecule has 100 valence electrons. The molecule has 0 saturated heterocycles. The van der Waals surface area contributed by atoms with E-state index in [0.29, 0.717) is 0 Å². The first kappa shape index (κ1) is 13.4. The van der Waals surface area contributed by atoms with E-state index in [1.54, 1.807) is 0 Å². The molecule has 0 spiro atoms. The number of ether oxygens (including phenoxy) is 1. The van der Waals surface area contributed by atoms with Gasteiger partial charge in [0.05, 0.1) is 12.3 Å². The maximum absolute atomic E-state index is 5.39. The molecule has 0 saturated carbocycles. The second-order valence-corrected chi connectivity index (χ2v) is 4.64. The average molecular weight is 249 g/mol. The standard InChI is InChI=1S/C14H23N3O/c1-3-5-12-11-10-15-8-6-13(11)17-14(16-12)7-9-18-4-2/h15H,3-10H2,1-2H3. The molecular weight excluding hydrogens is 226 g/mol. The summed E-state index contributed by atoms with van der Waals surface area (Å²) in [5, 5.41) is 3.41. The molecule has 2 heterocycles. The van der Waals surface area contributed by atoms with Crippen LogP contribution in [0, 0.1) is 0 Å². The van der Waals surface area contributed by atoms with Crippen molar-refractivity contribution in [2.45, 2.75) is 46.1 Å². The highest BCUT2D eigenvalue weighted by atomic mass is 16.5. The van der Waals surface area contributed by atoms with Gasteiger partial charge in [-0.2, -0.15) is 0 Å². The van der Waals surface area contributed by atoms with Crippen molar-refractivity contribution in [1.29, 1.82) is 0 Å². The van der Waals surface area contributed by atoms with Crippen LogP contribution in [0.25, 0.3) is 0 Å². The van der Waals surface area contributed by atoms with E-state index < -0.39 is 0 Å². The van der Waals surface area contributed by atoms with E-state index in [4.69, 9.17) is 14.7 Å². The highest BCUT2D eigenvalue weighted by Crippen LogP contribution is 2.17. The maximum Gasteiger partial charge on any atom is 0.131 e. The summed E-state index contributed by atoms with van der Waals surface area (Å²) in [5.74, 6) is 0.951. The maximum atomic E-state index is 5.39. The Morgan fingerprint density at radius 3 is 2.89 bits per heavy atom. The first-order chi connectivity index (χ1) is 8.85. The van der Waals surface area contributed by atoms with E-state index in [1.165, 1.54) is 17.0 Å². The summed E-state index contributed by atoms with van der Waals surface area (Å²) >= 11 is 0. The SMILES string of the molecule is CCCc1nc(CCOCC)nc2c1CNCC2. The van der Waals surface area contributed by atoms with Gasteiger partial charge in [-0.25, -0.2) is 9.97 Å². The molecule has 0 aliphatic carbocycles. The molecule has 0 bridgehead atoms. The van der Waals surface area contributed by atoms with Crippen LogP contribution < -0.4 is 5.32 Å². The Morgan fingerprint density at radius 2 is 2.11 bits per heavy atom. The Kier molecular flexibility index (Phi) is 5.08. The predicted octanol–water partition coefficient (Wildman–Crippen LogP) is 1.65. The first-order valence-electron chi connectivity index (χ1n) is 7.01. The fraction of sp³-hybridized carbons (Fsp3) is 0.714. The third kappa shape index (κ3) is 3.27. The molecule has 4 heteroatoms. The van der Waals surface area contributed by atoms with Gasteiger partial charge < -0.3 is 10.1 Å². The molecule has 1 aliphatic heterocycles. The second-order valence-electron chi connectivity index (χ2n) is 4.64. The minimum Gasteiger partial charge on any atom is -0.381 e. The molecule has 2 rings (SSSR count). The topological polar surface area (TPSA) is 47.0 Å². The van der Waals surface area contributed by atoms with Crippen molar-refractivity contribution < 1.29 is 4.74 Å². The largest absolute Gasteiger partial charge is 0.381 e. The predicted molar refractivity (Wildman–Crippen MR) is 71.6 cm³/mol. The summed E-state index contributed by atoms with van der Waals surface area (Å²) < 4.78 is 5.39. The Bertz CT molecular complexity index is 393. The van der Waals surface area contributed by atoms with Crippen LogP contribution in [-0.2, 0) is 30.5 Å². The van der Waals surface area contributed by atoms with E-state index >= 15 is 0 Å². The van der Waals surface area contributed by atoms with Crippen LogP contribution in [0.1, 0.15) is 43.0 Å². The minimum absolute atomic E-state index is 0.721. The summed E-state index contributed by atoms with van der Waals surface area (Å²) in [4.78, 5) is 9.41. The lowest BCUT2D eigenvalue weighted by Gasteiger charge is -2.20. The zero-order chi connectivity index (χ0) is 12.8. The van der Waals surface area contributed by atoms with Crippen molar-refractivity contribution in [2.75, 3.05) is 19.8 Å². The Hall–Kier alpha value is -1.00. The zero-order valence-corrected chi connectivity index (χ0v) is 11.5. The number of fused-ring (bicyclic) bond motifs is 1. The van der Waals surface area contributed by atoms with Gasteiger partial charge in [0.15, 0.2) is 0 Å². The van der Waals surface area contributed by atoms with Crippen molar-refractivity contribution in [1.82, 2.24) is 15.3 Å². The van der Waals surface area contributed by atoms with Crippen LogP contribution in [0.2, 0.25) is 0 Å². The summed E-state index contributed by atoms with van der Waals surface area (Å²) in [6.07, 6.45) is 4.03. The molecule has 1 aliphatic rings. The molecule has 0 radical (unpaired) electrons. The fourth-order valence-electron chi connectivity index (χ4n) is 2.33. The van der Waals surface area contributed by atoms with Crippen LogP contribution >= 0.6 is 0 Å². The summed E-state index contributed by atoms with van der Waals surface area (Å²) in [6, 6.07) is 0. The molecule has 18 heavy (non-hydrogen) atoms. The Morgan fingerprint density at radius 1 is 1.22 bits per heavy atom. The van der Waals surface area contributed by atoms with Gasteiger partial charge in [0, 0.05) is 43.8 Å². The number of nitrogens with zero attached hydrogens (tertiary/aromatic N) is 2. The number of hydrogen-bond acceptors (Lipinski definition) is 4. The van der Waals surface area contributed by atoms with Gasteiger partial charge in [-0.15, -0.1) is 0 Å². The molecule has 1 aromatic rings.